The van der Waals surface area contributed by atoms with Gasteiger partial charge in [0.15, 0.2) is 0 Å². The second kappa shape index (κ2) is 3.81. The maximum atomic E-state index is 5.38. The fourth-order valence-corrected chi connectivity index (χ4v) is 1.58. The standard InChI is InChI=1S/C12H7BrN2/c1-3-8-6-5-7-10-11(8)15-12(14-10)9(13)4-2/h1-2,5-7,9H,(H,14,15). The van der Waals surface area contributed by atoms with Crippen molar-refractivity contribution in [2.75, 3.05) is 0 Å². The first kappa shape index (κ1) is 9.83. The third kappa shape index (κ3) is 1.63. The summed E-state index contributed by atoms with van der Waals surface area (Å²) in [6.07, 6.45) is 10.7. The number of para-hydroxylation sites is 1. The molecule has 1 heterocycles. The van der Waals surface area contributed by atoms with Crippen molar-refractivity contribution >= 4 is 27.0 Å². The Bertz CT molecular complexity index is 584. The van der Waals surface area contributed by atoms with Crippen LogP contribution in [-0.4, -0.2) is 9.97 Å². The van der Waals surface area contributed by atoms with Gasteiger partial charge in [-0.15, -0.1) is 12.8 Å². The maximum absolute atomic E-state index is 5.38. The van der Waals surface area contributed by atoms with E-state index in [2.05, 4.69) is 37.7 Å². The van der Waals surface area contributed by atoms with Gasteiger partial charge in [-0.1, -0.05) is 33.8 Å². The van der Waals surface area contributed by atoms with Crippen LogP contribution in [-0.2, 0) is 0 Å². The molecule has 1 aromatic heterocycles. The number of alkyl halides is 1. The van der Waals surface area contributed by atoms with Crippen molar-refractivity contribution in [1.82, 2.24) is 9.97 Å². The molecule has 0 bridgehead atoms. The van der Waals surface area contributed by atoms with Crippen molar-refractivity contribution < 1.29 is 0 Å². The average molecular weight is 259 g/mol. The number of hydrogen-bond acceptors (Lipinski definition) is 1. The third-order valence-electron chi connectivity index (χ3n) is 2.07. The predicted molar refractivity (Wildman–Crippen MR) is 64.5 cm³/mol. The summed E-state index contributed by atoms with van der Waals surface area (Å²) < 4.78 is 0. The lowest BCUT2D eigenvalue weighted by Crippen LogP contribution is -1.87. The van der Waals surface area contributed by atoms with Gasteiger partial charge in [0.2, 0.25) is 0 Å². The van der Waals surface area contributed by atoms with Crippen molar-refractivity contribution in [1.29, 1.82) is 0 Å². The molecule has 2 nitrogen and oxygen atoms in total. The van der Waals surface area contributed by atoms with E-state index in [1.165, 1.54) is 0 Å². The molecule has 2 rings (SSSR count). The molecular formula is C12H7BrN2. The van der Waals surface area contributed by atoms with Crippen molar-refractivity contribution in [2.45, 2.75) is 4.83 Å². The van der Waals surface area contributed by atoms with E-state index in [0.29, 0.717) is 5.82 Å². The molecule has 0 spiro atoms. The van der Waals surface area contributed by atoms with Crippen LogP contribution in [0.3, 0.4) is 0 Å². The van der Waals surface area contributed by atoms with Crippen molar-refractivity contribution in [3.63, 3.8) is 0 Å². The number of rotatable bonds is 1. The number of H-pyrrole nitrogens is 1. The van der Waals surface area contributed by atoms with E-state index in [0.717, 1.165) is 16.6 Å². The van der Waals surface area contributed by atoms with E-state index >= 15 is 0 Å². The normalized spacial score (nSPS) is 11.9. The molecule has 0 radical (unpaired) electrons. The molecular weight excluding hydrogens is 252 g/mol. The van der Waals surface area contributed by atoms with Gasteiger partial charge < -0.3 is 4.98 Å². The van der Waals surface area contributed by atoms with E-state index in [1.54, 1.807) is 0 Å². The summed E-state index contributed by atoms with van der Waals surface area (Å²) in [4.78, 5) is 7.28. The Kier molecular flexibility index (Phi) is 2.49. The number of benzene rings is 1. The van der Waals surface area contributed by atoms with Crippen LogP contribution >= 0.6 is 15.9 Å². The molecule has 1 N–H and O–H groups in total. The van der Waals surface area contributed by atoms with Crippen LogP contribution in [0, 0.1) is 24.7 Å². The van der Waals surface area contributed by atoms with Gasteiger partial charge in [-0.3, -0.25) is 0 Å². The zero-order valence-electron chi connectivity index (χ0n) is 7.79. The summed E-state index contributed by atoms with van der Waals surface area (Å²) in [5.74, 6) is 5.85. The number of imidazole rings is 1. The highest BCUT2D eigenvalue weighted by molar-refractivity contribution is 9.09. The Morgan fingerprint density at radius 2 is 2.20 bits per heavy atom. The fraction of sp³-hybridized carbons (Fsp3) is 0.0833. The molecule has 0 aliphatic carbocycles. The lowest BCUT2D eigenvalue weighted by atomic mass is 10.2. The molecule has 0 amide bonds. The Morgan fingerprint density at radius 1 is 1.40 bits per heavy atom. The highest BCUT2D eigenvalue weighted by Crippen LogP contribution is 2.23. The molecule has 1 unspecified atom stereocenters. The minimum absolute atomic E-state index is 0.212. The zero-order chi connectivity index (χ0) is 10.8. The molecule has 0 saturated heterocycles. The van der Waals surface area contributed by atoms with Gasteiger partial charge in [-0.25, -0.2) is 4.98 Å². The molecule has 2 aromatic rings. The maximum Gasteiger partial charge on any atom is 0.133 e. The van der Waals surface area contributed by atoms with Crippen molar-refractivity contribution in [3.05, 3.63) is 29.6 Å². The van der Waals surface area contributed by atoms with Gasteiger partial charge >= 0.3 is 0 Å². The fourth-order valence-electron chi connectivity index (χ4n) is 1.37. The van der Waals surface area contributed by atoms with Gasteiger partial charge in [0.1, 0.15) is 16.2 Å². The van der Waals surface area contributed by atoms with E-state index in [9.17, 15) is 0 Å². The van der Waals surface area contributed by atoms with Crippen LogP contribution in [0.4, 0.5) is 0 Å². The number of hydrogen-bond donors (Lipinski definition) is 1. The molecule has 3 heteroatoms. The van der Waals surface area contributed by atoms with Gasteiger partial charge in [0.25, 0.3) is 0 Å². The summed E-state index contributed by atoms with van der Waals surface area (Å²) >= 11 is 3.33. The Morgan fingerprint density at radius 3 is 2.87 bits per heavy atom. The molecule has 0 fully saturated rings. The summed E-state index contributed by atoms with van der Waals surface area (Å²) in [5, 5.41) is 0. The van der Waals surface area contributed by atoms with Crippen molar-refractivity contribution in [3.8, 4) is 24.7 Å². The summed E-state index contributed by atoms with van der Waals surface area (Å²) in [6, 6.07) is 5.66. The van der Waals surface area contributed by atoms with Gasteiger partial charge in [-0.05, 0) is 12.1 Å². The number of terminal acetylenes is 2. The predicted octanol–water partition coefficient (Wildman–Crippen LogP) is 2.61. The van der Waals surface area contributed by atoms with Gasteiger partial charge in [-0.2, -0.15) is 0 Å². The molecule has 0 aliphatic rings. The average Bonchev–Trinajstić information content (AvgIpc) is 2.71. The van der Waals surface area contributed by atoms with Gasteiger partial charge in [0, 0.05) is 0 Å². The summed E-state index contributed by atoms with van der Waals surface area (Å²) in [5.41, 5.74) is 2.46. The summed E-state index contributed by atoms with van der Waals surface area (Å²) in [6.45, 7) is 0. The van der Waals surface area contributed by atoms with Crippen LogP contribution in [0.25, 0.3) is 11.0 Å². The molecule has 1 atom stereocenters. The number of aromatic nitrogens is 2. The SMILES string of the molecule is C#Cc1cccc2[nH]c(C(Br)C#C)nc12. The van der Waals surface area contributed by atoms with Crippen molar-refractivity contribution in [2.24, 2.45) is 0 Å². The van der Waals surface area contributed by atoms with E-state index in [-0.39, 0.29) is 4.83 Å². The van der Waals surface area contributed by atoms with Crippen LogP contribution in [0.2, 0.25) is 0 Å². The second-order valence-corrected chi connectivity index (χ2v) is 3.91. The number of nitrogens with zero attached hydrogens (tertiary/aromatic N) is 1. The Labute approximate surface area is 96.2 Å². The molecule has 72 valence electrons. The quantitative estimate of drug-likeness (QED) is 0.619. The third-order valence-corrected chi connectivity index (χ3v) is 2.77. The van der Waals surface area contributed by atoms with Crippen LogP contribution < -0.4 is 0 Å². The first-order chi connectivity index (χ1) is 7.26. The highest BCUT2D eigenvalue weighted by Gasteiger charge is 2.10. The number of halogens is 1. The molecule has 15 heavy (non-hydrogen) atoms. The van der Waals surface area contributed by atoms with E-state index < -0.39 is 0 Å². The smallest absolute Gasteiger partial charge is 0.133 e. The lowest BCUT2D eigenvalue weighted by molar-refractivity contribution is 1.09. The summed E-state index contributed by atoms with van der Waals surface area (Å²) in [7, 11) is 0. The first-order valence-corrected chi connectivity index (χ1v) is 5.23. The Hall–Kier alpha value is -1.71. The number of aromatic amines is 1. The molecule has 1 aromatic carbocycles. The number of nitrogens with one attached hydrogen (secondary N) is 1. The molecule has 0 aliphatic heterocycles. The largest absolute Gasteiger partial charge is 0.340 e. The lowest BCUT2D eigenvalue weighted by Gasteiger charge is -1.93. The minimum atomic E-state index is -0.212. The highest BCUT2D eigenvalue weighted by atomic mass is 79.9. The molecule has 0 saturated carbocycles. The van der Waals surface area contributed by atoms with Crippen LogP contribution in [0.1, 0.15) is 16.2 Å². The topological polar surface area (TPSA) is 28.7 Å². The van der Waals surface area contributed by atoms with E-state index in [4.69, 9.17) is 12.8 Å². The second-order valence-electron chi connectivity index (χ2n) is 3.00. The monoisotopic (exact) mass is 258 g/mol. The van der Waals surface area contributed by atoms with Crippen LogP contribution in [0.5, 0.6) is 0 Å². The zero-order valence-corrected chi connectivity index (χ0v) is 9.38. The first-order valence-electron chi connectivity index (χ1n) is 4.31. The number of fused-ring (bicyclic) bond motifs is 1. The van der Waals surface area contributed by atoms with Crippen LogP contribution in [0.15, 0.2) is 18.2 Å². The minimum Gasteiger partial charge on any atom is -0.340 e. The van der Waals surface area contributed by atoms with E-state index in [1.807, 2.05) is 18.2 Å². The Balaban J connectivity index is 2.68. The van der Waals surface area contributed by atoms with Gasteiger partial charge in [0.05, 0.1) is 11.1 Å².